The van der Waals surface area contributed by atoms with Crippen molar-refractivity contribution < 1.29 is 80.2 Å². The third-order valence-electron chi connectivity index (χ3n) is 19.3. The van der Waals surface area contributed by atoms with Crippen LogP contribution >= 0.6 is 15.6 Å². The van der Waals surface area contributed by atoms with Gasteiger partial charge in [0.05, 0.1) is 26.4 Å². The van der Waals surface area contributed by atoms with Crippen LogP contribution in [0.4, 0.5) is 0 Å². The highest BCUT2D eigenvalue weighted by Crippen LogP contribution is 2.45. The minimum Gasteiger partial charge on any atom is -0.462 e. The van der Waals surface area contributed by atoms with Gasteiger partial charge >= 0.3 is 39.5 Å². The Morgan fingerprint density at radius 1 is 0.267 bits per heavy atom. The molecule has 0 fully saturated rings. The van der Waals surface area contributed by atoms with E-state index in [0.717, 1.165) is 95.8 Å². The average Bonchev–Trinajstić information content (AvgIpc) is 1.17. The highest BCUT2D eigenvalue weighted by atomic mass is 31.2. The minimum absolute atomic E-state index is 0.108. The van der Waals surface area contributed by atoms with Crippen molar-refractivity contribution in [2.45, 2.75) is 457 Å². The van der Waals surface area contributed by atoms with Gasteiger partial charge < -0.3 is 33.8 Å². The largest absolute Gasteiger partial charge is 0.472 e. The van der Waals surface area contributed by atoms with Gasteiger partial charge in [0.15, 0.2) is 12.2 Å². The maximum absolute atomic E-state index is 13.1. The van der Waals surface area contributed by atoms with Crippen molar-refractivity contribution >= 4 is 39.5 Å². The van der Waals surface area contributed by atoms with Crippen LogP contribution in [0.3, 0.4) is 0 Å². The number of hydrogen-bond acceptors (Lipinski definition) is 15. The molecule has 0 amide bonds. The smallest absolute Gasteiger partial charge is 0.462 e. The zero-order valence-corrected chi connectivity index (χ0v) is 67.8. The van der Waals surface area contributed by atoms with Crippen molar-refractivity contribution in [1.82, 2.24) is 0 Å². The van der Waals surface area contributed by atoms with Crippen LogP contribution in [0.1, 0.15) is 439 Å². The number of ether oxygens (including phenoxy) is 4. The van der Waals surface area contributed by atoms with E-state index < -0.39 is 97.5 Å². The molecule has 0 radical (unpaired) electrons. The highest BCUT2D eigenvalue weighted by molar-refractivity contribution is 7.47. The molecule has 17 nitrogen and oxygen atoms in total. The zero-order valence-electron chi connectivity index (χ0n) is 66.1. The molecule has 0 spiro atoms. The van der Waals surface area contributed by atoms with Crippen LogP contribution in [-0.4, -0.2) is 96.7 Å². The van der Waals surface area contributed by atoms with Gasteiger partial charge in [-0.15, -0.1) is 0 Å². The fourth-order valence-corrected chi connectivity index (χ4v) is 14.3. The first-order valence-corrected chi connectivity index (χ1v) is 45.6. The van der Waals surface area contributed by atoms with Crippen molar-refractivity contribution in [3.05, 3.63) is 0 Å². The van der Waals surface area contributed by atoms with Gasteiger partial charge in [-0.3, -0.25) is 37.3 Å². The molecule has 0 saturated carbocycles. The molecule has 0 rings (SSSR count). The van der Waals surface area contributed by atoms with E-state index in [1.165, 1.54) is 263 Å². The molecule has 0 aliphatic heterocycles. The molecular weight excluding hydrogens is 1320 g/mol. The number of unbranched alkanes of at least 4 members (excludes halogenated alkanes) is 54. The lowest BCUT2D eigenvalue weighted by Crippen LogP contribution is -2.30. The predicted octanol–water partition coefficient (Wildman–Crippen LogP) is 24.8. The summed E-state index contributed by atoms with van der Waals surface area (Å²) in [6.07, 6.45) is 66.6. The highest BCUT2D eigenvalue weighted by Gasteiger charge is 2.30. The average molecular weight is 1480 g/mol. The van der Waals surface area contributed by atoms with Crippen LogP contribution in [0.2, 0.25) is 0 Å². The molecule has 0 heterocycles. The normalized spacial score (nSPS) is 13.8. The second-order valence-electron chi connectivity index (χ2n) is 30.0. The Balaban J connectivity index is 5.21. The number of aliphatic hydroxyl groups excluding tert-OH is 1. The van der Waals surface area contributed by atoms with E-state index in [0.29, 0.717) is 25.7 Å². The molecule has 600 valence electrons. The summed E-state index contributed by atoms with van der Waals surface area (Å²) in [7, 11) is -9.92. The van der Waals surface area contributed by atoms with Crippen LogP contribution in [0.25, 0.3) is 0 Å². The summed E-state index contributed by atoms with van der Waals surface area (Å²) in [6, 6.07) is 0. The van der Waals surface area contributed by atoms with Crippen LogP contribution in [0.5, 0.6) is 0 Å². The Morgan fingerprint density at radius 3 is 0.673 bits per heavy atom. The van der Waals surface area contributed by atoms with Crippen molar-refractivity contribution in [3.8, 4) is 0 Å². The summed E-state index contributed by atoms with van der Waals surface area (Å²) >= 11 is 0. The lowest BCUT2D eigenvalue weighted by Gasteiger charge is -2.21. The number of phosphoric ester groups is 2. The second-order valence-corrected chi connectivity index (χ2v) is 32.9. The Kier molecular flexibility index (Phi) is 73.5. The topological polar surface area (TPSA) is 237 Å². The second kappa shape index (κ2) is 74.9. The molecule has 3 N–H and O–H groups in total. The summed E-state index contributed by atoms with van der Waals surface area (Å²) in [5.41, 5.74) is 0. The molecule has 0 aromatic carbocycles. The summed E-state index contributed by atoms with van der Waals surface area (Å²) in [4.78, 5) is 73.0. The summed E-state index contributed by atoms with van der Waals surface area (Å²) in [6.45, 7) is 7.35. The lowest BCUT2D eigenvalue weighted by atomic mass is 10.0. The van der Waals surface area contributed by atoms with Crippen molar-refractivity contribution in [2.75, 3.05) is 39.6 Å². The zero-order chi connectivity index (χ0) is 74.1. The predicted molar refractivity (Wildman–Crippen MR) is 414 cm³/mol. The Hall–Kier alpha value is -1.94. The molecule has 2 unspecified atom stereocenters. The number of carbonyl (C=O) groups excluding carboxylic acids is 4. The number of aliphatic hydroxyl groups is 1. The maximum Gasteiger partial charge on any atom is 0.472 e. The monoisotopic (exact) mass is 1480 g/mol. The Morgan fingerprint density at radius 2 is 0.455 bits per heavy atom. The first-order valence-electron chi connectivity index (χ1n) is 42.6. The van der Waals surface area contributed by atoms with Crippen LogP contribution in [0, 0.1) is 5.92 Å². The third-order valence-corrected chi connectivity index (χ3v) is 21.2. The maximum atomic E-state index is 13.1. The van der Waals surface area contributed by atoms with E-state index in [1.807, 2.05) is 0 Å². The first-order chi connectivity index (χ1) is 49.0. The van der Waals surface area contributed by atoms with E-state index >= 15 is 0 Å². The first kappa shape index (κ1) is 99.1. The SMILES string of the molecule is CCCCCCCCCCCCCCCCCCCCCCC(=O)O[C@H](COC(=O)CCCCCCCCCCCCCCCCCC(C)C)COP(=O)(O)OC[C@@H](O)COP(=O)(O)OC[C@@H](COC(=O)CCCCCCCCCCC)OC(=O)CCCCCCCCCCCCCCCC. The third kappa shape index (κ3) is 76.1. The molecule has 0 bridgehead atoms. The molecule has 0 saturated heterocycles. The number of hydrogen-bond donors (Lipinski definition) is 3. The van der Waals surface area contributed by atoms with Crippen LogP contribution in [-0.2, 0) is 65.4 Å². The van der Waals surface area contributed by atoms with Crippen molar-refractivity contribution in [3.63, 3.8) is 0 Å². The van der Waals surface area contributed by atoms with E-state index in [1.54, 1.807) is 0 Å². The van der Waals surface area contributed by atoms with Crippen LogP contribution in [0.15, 0.2) is 0 Å². The van der Waals surface area contributed by atoms with E-state index in [4.69, 9.17) is 37.0 Å². The van der Waals surface area contributed by atoms with Gasteiger partial charge in [-0.05, 0) is 31.6 Å². The van der Waals surface area contributed by atoms with Gasteiger partial charge in [0, 0.05) is 25.7 Å². The number of esters is 4. The molecule has 5 atom stereocenters. The fraction of sp³-hybridized carbons (Fsp3) is 0.951. The standard InChI is InChI=1S/C82H160O17P2/c1-6-9-12-15-18-21-23-25-27-28-29-30-31-34-39-43-48-53-58-63-68-82(87)99-78(72-93-80(85)66-61-56-51-46-41-38-35-32-33-36-40-45-49-54-59-64-75(4)5)74-97-101(90,91)95-70-76(83)69-94-100(88,89)96-73-77(71-92-79(84)65-60-55-50-44-20-17-14-11-8-3)98-81(86)67-62-57-52-47-42-37-26-24-22-19-16-13-10-7-2/h75-78,83H,6-74H2,1-5H3,(H,88,89)(H,90,91)/t76-,77+,78+/m0/s1. The number of carbonyl (C=O) groups is 4. The van der Waals surface area contributed by atoms with Gasteiger partial charge in [0.1, 0.15) is 19.3 Å². The fourth-order valence-electron chi connectivity index (χ4n) is 12.8. The quantitative estimate of drug-likeness (QED) is 0.0222. The van der Waals surface area contributed by atoms with Gasteiger partial charge in [-0.1, -0.05) is 388 Å². The summed E-state index contributed by atoms with van der Waals surface area (Å²) in [5, 5.41) is 10.6. The van der Waals surface area contributed by atoms with Gasteiger partial charge in [-0.2, -0.15) is 0 Å². The summed E-state index contributed by atoms with van der Waals surface area (Å²) < 4.78 is 68.7. The molecule has 19 heteroatoms. The Bertz CT molecular complexity index is 1930. The van der Waals surface area contributed by atoms with Gasteiger partial charge in [-0.25, -0.2) is 9.13 Å². The molecule has 101 heavy (non-hydrogen) atoms. The minimum atomic E-state index is -4.96. The van der Waals surface area contributed by atoms with Crippen molar-refractivity contribution in [2.24, 2.45) is 5.92 Å². The molecule has 0 aromatic heterocycles. The van der Waals surface area contributed by atoms with Crippen LogP contribution < -0.4 is 0 Å². The molecule has 0 aliphatic rings. The van der Waals surface area contributed by atoms with E-state index in [9.17, 15) is 43.2 Å². The van der Waals surface area contributed by atoms with E-state index in [2.05, 4.69) is 34.6 Å². The number of rotatable bonds is 82. The van der Waals surface area contributed by atoms with Crippen molar-refractivity contribution in [1.29, 1.82) is 0 Å². The Labute approximate surface area is 619 Å². The number of phosphoric acid groups is 2. The van der Waals surface area contributed by atoms with Gasteiger partial charge in [0.2, 0.25) is 0 Å². The van der Waals surface area contributed by atoms with Gasteiger partial charge in [0.25, 0.3) is 0 Å². The molecule has 0 aliphatic carbocycles. The summed E-state index contributed by atoms with van der Waals surface area (Å²) in [5.74, 6) is -1.30. The lowest BCUT2D eigenvalue weighted by molar-refractivity contribution is -0.161. The van der Waals surface area contributed by atoms with E-state index in [-0.39, 0.29) is 25.7 Å². The molecular formula is C82H160O17P2. The molecule has 0 aromatic rings.